The second kappa shape index (κ2) is 7.13. The summed E-state index contributed by atoms with van der Waals surface area (Å²) >= 11 is 0. The monoisotopic (exact) mass is 299 g/mol. The van der Waals surface area contributed by atoms with Gasteiger partial charge in [0.25, 0.3) is 0 Å². The Bertz CT molecular complexity index is 397. The molecule has 0 aliphatic heterocycles. The average molecular weight is 299 g/mol. The van der Waals surface area contributed by atoms with Crippen molar-refractivity contribution >= 4 is 21.6 Å². The number of hydrogen-bond donors (Lipinski definition) is 1. The number of phenols is 1. The van der Waals surface area contributed by atoms with Crippen LogP contribution in [0.3, 0.4) is 0 Å². The number of hydrogen-bond acceptors (Lipinski definition) is 3. The first kappa shape index (κ1) is 15.5. The van der Waals surface area contributed by atoms with Crippen molar-refractivity contribution in [3.05, 3.63) is 35.8 Å². The predicted octanol–water partition coefficient (Wildman–Crippen LogP) is 4.10. The normalized spacial score (nSPS) is 10.9. The molecule has 0 aromatic heterocycles. The average Bonchev–Trinajstić information content (AvgIpc) is 2.37. The number of aromatic hydroxyl groups is 1. The van der Waals surface area contributed by atoms with Gasteiger partial charge in [-0.05, 0) is 19.8 Å². The largest absolute Gasteiger partial charge is 0.503 e. The fourth-order valence-corrected chi connectivity index (χ4v) is 2.87. The van der Waals surface area contributed by atoms with Crippen LogP contribution in [0, 0.1) is 30.2 Å². The first-order valence-corrected chi connectivity index (χ1v) is 7.57. The van der Waals surface area contributed by atoms with E-state index in [-0.39, 0.29) is 6.42 Å². The SMILES string of the molecule is [CH2]CSSCCCc1c(F)c(F)c(O)c(F)c1F. The molecule has 0 spiro atoms. The molecule has 0 heterocycles. The predicted molar refractivity (Wildman–Crippen MR) is 66.5 cm³/mol. The smallest absolute Gasteiger partial charge is 0.203 e. The van der Waals surface area contributed by atoms with Crippen LogP contribution < -0.4 is 0 Å². The molecule has 1 radical (unpaired) electrons. The molecule has 0 saturated carbocycles. The third-order valence-corrected chi connectivity index (χ3v) is 4.44. The Labute approximate surface area is 110 Å². The summed E-state index contributed by atoms with van der Waals surface area (Å²) < 4.78 is 52.7. The molecule has 18 heavy (non-hydrogen) atoms. The molecule has 1 aromatic carbocycles. The molecular formula is C11H11F4OS2. The zero-order valence-electron chi connectivity index (χ0n) is 9.31. The molecule has 1 aromatic rings. The summed E-state index contributed by atoms with van der Waals surface area (Å²) in [6.07, 6.45) is 0.242. The number of halogens is 4. The van der Waals surface area contributed by atoms with Crippen LogP contribution in [0.5, 0.6) is 5.75 Å². The minimum atomic E-state index is -1.75. The van der Waals surface area contributed by atoms with Crippen LogP contribution in [0.25, 0.3) is 0 Å². The minimum Gasteiger partial charge on any atom is -0.503 e. The van der Waals surface area contributed by atoms with E-state index >= 15 is 0 Å². The highest BCUT2D eigenvalue weighted by Gasteiger charge is 2.24. The summed E-state index contributed by atoms with van der Waals surface area (Å²) in [6, 6.07) is 0. The van der Waals surface area contributed by atoms with Gasteiger partial charge < -0.3 is 5.11 Å². The lowest BCUT2D eigenvalue weighted by molar-refractivity contribution is 0.351. The fourth-order valence-electron chi connectivity index (χ4n) is 1.31. The molecule has 101 valence electrons. The summed E-state index contributed by atoms with van der Waals surface area (Å²) in [6.45, 7) is 3.60. The lowest BCUT2D eigenvalue weighted by Crippen LogP contribution is -2.04. The Balaban J connectivity index is 2.77. The van der Waals surface area contributed by atoms with E-state index in [2.05, 4.69) is 6.92 Å². The summed E-state index contributed by atoms with van der Waals surface area (Å²) in [7, 11) is 2.96. The maximum Gasteiger partial charge on any atom is 0.203 e. The Morgan fingerprint density at radius 2 is 1.50 bits per heavy atom. The number of rotatable bonds is 6. The van der Waals surface area contributed by atoms with Gasteiger partial charge in [-0.2, -0.15) is 8.78 Å². The summed E-state index contributed by atoms with van der Waals surface area (Å²) in [5.41, 5.74) is -0.664. The molecule has 0 saturated heterocycles. The fraction of sp³-hybridized carbons (Fsp3) is 0.364. The highest BCUT2D eigenvalue weighted by Crippen LogP contribution is 2.30. The van der Waals surface area contributed by atoms with Crippen molar-refractivity contribution in [2.75, 3.05) is 11.5 Å². The Hall–Kier alpha value is -0.560. The van der Waals surface area contributed by atoms with E-state index in [1.807, 2.05) is 0 Å². The molecule has 0 fully saturated rings. The van der Waals surface area contributed by atoms with Gasteiger partial charge in [0.2, 0.25) is 11.6 Å². The van der Waals surface area contributed by atoms with Gasteiger partial charge in [-0.25, -0.2) is 8.78 Å². The van der Waals surface area contributed by atoms with E-state index in [9.17, 15) is 17.6 Å². The van der Waals surface area contributed by atoms with Gasteiger partial charge in [0.05, 0.1) is 0 Å². The van der Waals surface area contributed by atoms with Gasteiger partial charge in [-0.3, -0.25) is 0 Å². The minimum absolute atomic E-state index is 0.128. The standard InChI is InChI=1S/C11H11F4OS2/c1-2-17-18-5-3-4-6-7(12)9(14)11(16)10(15)8(6)13/h16H,1-5H2. The van der Waals surface area contributed by atoms with Crippen LogP contribution in [0.15, 0.2) is 0 Å². The van der Waals surface area contributed by atoms with Gasteiger partial charge in [-0.1, -0.05) is 21.6 Å². The van der Waals surface area contributed by atoms with Gasteiger partial charge in [0, 0.05) is 17.1 Å². The van der Waals surface area contributed by atoms with Crippen molar-refractivity contribution < 1.29 is 22.7 Å². The summed E-state index contributed by atoms with van der Waals surface area (Å²) in [5, 5.41) is 8.79. The molecule has 1 N–H and O–H groups in total. The number of benzene rings is 1. The van der Waals surface area contributed by atoms with E-state index in [1.54, 1.807) is 0 Å². The van der Waals surface area contributed by atoms with Crippen LogP contribution in [-0.2, 0) is 6.42 Å². The Morgan fingerprint density at radius 1 is 0.944 bits per heavy atom. The lowest BCUT2D eigenvalue weighted by Gasteiger charge is -2.08. The maximum absolute atomic E-state index is 13.3. The van der Waals surface area contributed by atoms with E-state index < -0.39 is 34.6 Å². The zero-order chi connectivity index (χ0) is 13.7. The molecule has 0 unspecified atom stereocenters. The van der Waals surface area contributed by atoms with E-state index in [0.29, 0.717) is 17.9 Å². The van der Waals surface area contributed by atoms with Gasteiger partial charge >= 0.3 is 0 Å². The third kappa shape index (κ3) is 3.47. The van der Waals surface area contributed by atoms with E-state index in [1.165, 1.54) is 21.6 Å². The molecule has 7 heteroatoms. The van der Waals surface area contributed by atoms with E-state index in [4.69, 9.17) is 5.11 Å². The molecule has 0 aliphatic rings. The first-order valence-electron chi connectivity index (χ1n) is 5.08. The van der Waals surface area contributed by atoms with Crippen LogP contribution in [0.1, 0.15) is 12.0 Å². The molecule has 0 amide bonds. The molecule has 1 rings (SSSR count). The van der Waals surface area contributed by atoms with Crippen molar-refractivity contribution in [3.8, 4) is 5.75 Å². The van der Waals surface area contributed by atoms with Crippen LogP contribution in [0.2, 0.25) is 0 Å². The molecule has 0 atom stereocenters. The highest BCUT2D eigenvalue weighted by atomic mass is 33.1. The highest BCUT2D eigenvalue weighted by molar-refractivity contribution is 8.76. The zero-order valence-corrected chi connectivity index (χ0v) is 10.9. The van der Waals surface area contributed by atoms with Crippen LogP contribution in [-0.4, -0.2) is 16.6 Å². The first-order chi connectivity index (χ1) is 8.50. The lowest BCUT2D eigenvalue weighted by atomic mass is 10.1. The van der Waals surface area contributed by atoms with Crippen molar-refractivity contribution in [1.82, 2.24) is 0 Å². The van der Waals surface area contributed by atoms with Crippen molar-refractivity contribution in [2.45, 2.75) is 12.8 Å². The topological polar surface area (TPSA) is 20.2 Å². The summed E-state index contributed by atoms with van der Waals surface area (Å²) in [5.74, 6) is -6.91. The molecule has 0 aliphatic carbocycles. The van der Waals surface area contributed by atoms with Crippen LogP contribution in [0.4, 0.5) is 17.6 Å². The van der Waals surface area contributed by atoms with Crippen LogP contribution >= 0.6 is 21.6 Å². The maximum atomic E-state index is 13.3. The van der Waals surface area contributed by atoms with E-state index in [0.717, 1.165) is 0 Å². The Morgan fingerprint density at radius 3 is 2.00 bits per heavy atom. The van der Waals surface area contributed by atoms with Crippen molar-refractivity contribution in [2.24, 2.45) is 0 Å². The van der Waals surface area contributed by atoms with Gasteiger partial charge in [0.1, 0.15) is 0 Å². The van der Waals surface area contributed by atoms with Gasteiger partial charge in [-0.15, -0.1) is 0 Å². The third-order valence-electron chi connectivity index (χ3n) is 2.15. The second-order valence-corrected chi connectivity index (χ2v) is 6.03. The Kier molecular flexibility index (Phi) is 6.14. The summed E-state index contributed by atoms with van der Waals surface area (Å²) in [4.78, 5) is 0. The van der Waals surface area contributed by atoms with Crippen molar-refractivity contribution in [3.63, 3.8) is 0 Å². The van der Waals surface area contributed by atoms with Crippen molar-refractivity contribution in [1.29, 1.82) is 0 Å². The molecular weight excluding hydrogens is 288 g/mol. The number of phenolic OH excluding ortho intramolecular Hbond substituents is 1. The molecule has 1 nitrogen and oxygen atoms in total. The molecule has 0 bridgehead atoms. The van der Waals surface area contributed by atoms with Gasteiger partial charge in [0.15, 0.2) is 17.4 Å². The quantitative estimate of drug-likeness (QED) is 0.370. The second-order valence-electron chi connectivity index (χ2n) is 3.33.